The predicted molar refractivity (Wildman–Crippen MR) is 132 cm³/mol. The van der Waals surface area contributed by atoms with Gasteiger partial charge in [-0.05, 0) is 49.1 Å². The lowest BCUT2D eigenvalue weighted by molar-refractivity contribution is 0.0781. The highest BCUT2D eigenvalue weighted by Crippen LogP contribution is 2.27. The summed E-state index contributed by atoms with van der Waals surface area (Å²) < 4.78 is 63.0. The number of nitrogens with zero attached hydrogens (tertiary/aromatic N) is 2. The molecule has 0 radical (unpaired) electrons. The number of rotatable bonds is 4. The van der Waals surface area contributed by atoms with Crippen LogP contribution < -0.4 is 4.74 Å². The number of hydrogen-bond acceptors (Lipinski definition) is 4. The van der Waals surface area contributed by atoms with E-state index in [4.69, 9.17) is 4.74 Å². The van der Waals surface area contributed by atoms with Crippen LogP contribution in [0.5, 0.6) is 5.75 Å². The summed E-state index contributed by atoms with van der Waals surface area (Å²) in [6, 6.07) is 17.9. The van der Waals surface area contributed by atoms with E-state index in [2.05, 4.69) is 0 Å². The fourth-order valence-electron chi connectivity index (χ4n) is 4.32. The predicted octanol–water partition coefficient (Wildman–Crippen LogP) is 4.51. The lowest BCUT2D eigenvalue weighted by atomic mass is 10.1. The molecule has 0 unspecified atom stereocenters. The second kappa shape index (κ2) is 11.2. The van der Waals surface area contributed by atoms with Gasteiger partial charge in [0.15, 0.2) is 0 Å². The van der Waals surface area contributed by atoms with E-state index in [1.165, 1.54) is 4.31 Å². The fourth-order valence-corrected chi connectivity index (χ4v) is 6.01. The standard InChI is InChI=1S/C27H28F2N2O4S/c1-30-15-7-8-16-31(36(33,34)26-14-13-21(28)18-24(26)29)22(17-20-9-3-2-4-10-20)19-35-25-12-6-5-11-23(25)27(30)32/h2-6,9-14,18,22H,7-8,15-17,19H2,1H3/t22-/m0/s1. The van der Waals surface area contributed by atoms with E-state index >= 15 is 0 Å². The summed E-state index contributed by atoms with van der Waals surface area (Å²) in [5, 5.41) is 0. The second-order valence-electron chi connectivity index (χ2n) is 8.78. The number of benzene rings is 3. The number of carbonyl (C=O) groups is 1. The van der Waals surface area contributed by atoms with Crippen molar-refractivity contribution >= 4 is 15.9 Å². The minimum Gasteiger partial charge on any atom is -0.491 e. The van der Waals surface area contributed by atoms with Gasteiger partial charge in [-0.25, -0.2) is 17.2 Å². The number of para-hydroxylation sites is 1. The molecule has 0 saturated carbocycles. The van der Waals surface area contributed by atoms with E-state index < -0.39 is 32.6 Å². The number of sulfonamides is 1. The topological polar surface area (TPSA) is 66.9 Å². The molecule has 4 rings (SSSR count). The van der Waals surface area contributed by atoms with Crippen molar-refractivity contribution < 1.29 is 26.7 Å². The van der Waals surface area contributed by atoms with E-state index in [1.54, 1.807) is 36.2 Å². The zero-order valence-electron chi connectivity index (χ0n) is 19.9. The highest BCUT2D eigenvalue weighted by atomic mass is 32.2. The van der Waals surface area contributed by atoms with Gasteiger partial charge in [-0.15, -0.1) is 0 Å². The Labute approximate surface area is 210 Å². The zero-order chi connectivity index (χ0) is 25.7. The molecule has 1 amide bonds. The number of ether oxygens (including phenoxy) is 1. The smallest absolute Gasteiger partial charge is 0.257 e. The van der Waals surface area contributed by atoms with Crippen LogP contribution in [0.3, 0.4) is 0 Å². The van der Waals surface area contributed by atoms with Crippen LogP contribution in [-0.2, 0) is 16.4 Å². The molecule has 1 atom stereocenters. The molecule has 1 aliphatic heterocycles. The van der Waals surface area contributed by atoms with Crippen LogP contribution in [0.1, 0.15) is 28.8 Å². The Hall–Kier alpha value is -3.30. The molecule has 0 bridgehead atoms. The maximum absolute atomic E-state index is 14.7. The molecule has 36 heavy (non-hydrogen) atoms. The van der Waals surface area contributed by atoms with Gasteiger partial charge < -0.3 is 9.64 Å². The lowest BCUT2D eigenvalue weighted by Gasteiger charge is -2.32. The molecular weight excluding hydrogens is 486 g/mol. The quantitative estimate of drug-likeness (QED) is 0.514. The summed E-state index contributed by atoms with van der Waals surface area (Å²) in [4.78, 5) is 14.0. The first-order valence-corrected chi connectivity index (χ1v) is 13.2. The first-order chi connectivity index (χ1) is 17.3. The fraction of sp³-hybridized carbons (Fsp3) is 0.296. The SMILES string of the molecule is CN1CCCCN(S(=O)(=O)c2ccc(F)cc2F)[C@@H](Cc2ccccc2)COc2ccccc2C1=O. The van der Waals surface area contributed by atoms with Gasteiger partial charge in [-0.1, -0.05) is 42.5 Å². The molecule has 0 fully saturated rings. The third-order valence-electron chi connectivity index (χ3n) is 6.22. The van der Waals surface area contributed by atoms with Gasteiger partial charge in [0.2, 0.25) is 10.0 Å². The second-order valence-corrected chi connectivity index (χ2v) is 10.6. The average molecular weight is 515 g/mol. The summed E-state index contributed by atoms with van der Waals surface area (Å²) in [6.45, 7) is 0.434. The molecule has 3 aromatic rings. The molecule has 0 aliphatic carbocycles. The van der Waals surface area contributed by atoms with Crippen molar-refractivity contribution in [2.24, 2.45) is 0 Å². The van der Waals surface area contributed by atoms with Crippen molar-refractivity contribution in [3.8, 4) is 5.75 Å². The molecule has 1 aliphatic rings. The Morgan fingerprint density at radius 3 is 2.39 bits per heavy atom. The first kappa shape index (κ1) is 25.8. The van der Waals surface area contributed by atoms with E-state index in [0.29, 0.717) is 43.2 Å². The van der Waals surface area contributed by atoms with E-state index in [-0.39, 0.29) is 19.1 Å². The highest BCUT2D eigenvalue weighted by molar-refractivity contribution is 7.89. The van der Waals surface area contributed by atoms with Crippen molar-refractivity contribution in [1.29, 1.82) is 0 Å². The van der Waals surface area contributed by atoms with Crippen LogP contribution >= 0.6 is 0 Å². The zero-order valence-corrected chi connectivity index (χ0v) is 20.8. The Kier molecular flexibility index (Phi) is 8.01. The number of carbonyl (C=O) groups excluding carboxylic acids is 1. The Morgan fingerprint density at radius 2 is 1.64 bits per heavy atom. The minimum absolute atomic E-state index is 0.0645. The van der Waals surface area contributed by atoms with Gasteiger partial charge in [-0.2, -0.15) is 4.31 Å². The van der Waals surface area contributed by atoms with Crippen molar-refractivity contribution in [2.45, 2.75) is 30.2 Å². The van der Waals surface area contributed by atoms with Crippen LogP contribution in [0.15, 0.2) is 77.7 Å². The van der Waals surface area contributed by atoms with Crippen molar-refractivity contribution in [2.75, 3.05) is 26.7 Å². The van der Waals surface area contributed by atoms with Crippen molar-refractivity contribution in [1.82, 2.24) is 9.21 Å². The molecule has 9 heteroatoms. The molecule has 0 N–H and O–H groups in total. The summed E-state index contributed by atoms with van der Waals surface area (Å²) in [7, 11) is -2.65. The molecule has 0 spiro atoms. The van der Waals surface area contributed by atoms with Crippen LogP contribution in [0.25, 0.3) is 0 Å². The Bertz CT molecular complexity index is 1320. The lowest BCUT2D eigenvalue weighted by Crippen LogP contribution is -2.46. The third kappa shape index (κ3) is 5.74. The summed E-state index contributed by atoms with van der Waals surface area (Å²) in [5.41, 5.74) is 1.26. The molecule has 0 aromatic heterocycles. The summed E-state index contributed by atoms with van der Waals surface area (Å²) >= 11 is 0. The van der Waals surface area contributed by atoms with Gasteiger partial charge >= 0.3 is 0 Å². The van der Waals surface area contributed by atoms with Crippen LogP contribution in [0.2, 0.25) is 0 Å². The minimum atomic E-state index is -4.34. The summed E-state index contributed by atoms with van der Waals surface area (Å²) in [5.74, 6) is -1.83. The number of hydrogen-bond donors (Lipinski definition) is 0. The van der Waals surface area contributed by atoms with Crippen LogP contribution in [0, 0.1) is 11.6 Å². The molecule has 1 heterocycles. The highest BCUT2D eigenvalue weighted by Gasteiger charge is 2.34. The van der Waals surface area contributed by atoms with E-state index in [1.807, 2.05) is 30.3 Å². The van der Waals surface area contributed by atoms with Gasteiger partial charge in [0.25, 0.3) is 5.91 Å². The third-order valence-corrected chi connectivity index (χ3v) is 8.20. The molecule has 3 aromatic carbocycles. The molecular formula is C27H28F2N2O4S. The normalized spacial score (nSPS) is 18.0. The first-order valence-electron chi connectivity index (χ1n) is 11.8. The van der Waals surface area contributed by atoms with Gasteiger partial charge in [-0.3, -0.25) is 4.79 Å². The monoisotopic (exact) mass is 514 g/mol. The molecule has 6 nitrogen and oxygen atoms in total. The maximum atomic E-state index is 14.7. The largest absolute Gasteiger partial charge is 0.491 e. The van der Waals surface area contributed by atoms with Gasteiger partial charge in [0, 0.05) is 26.2 Å². The van der Waals surface area contributed by atoms with Crippen LogP contribution in [0.4, 0.5) is 8.78 Å². The Morgan fingerprint density at radius 1 is 0.944 bits per heavy atom. The number of amides is 1. The van der Waals surface area contributed by atoms with E-state index in [0.717, 1.165) is 17.7 Å². The van der Waals surface area contributed by atoms with Crippen molar-refractivity contribution in [3.63, 3.8) is 0 Å². The van der Waals surface area contributed by atoms with Gasteiger partial charge in [0.1, 0.15) is 28.9 Å². The average Bonchev–Trinajstić information content (AvgIpc) is 2.86. The molecule has 190 valence electrons. The Balaban J connectivity index is 1.77. The number of halogens is 2. The summed E-state index contributed by atoms with van der Waals surface area (Å²) in [6.07, 6.45) is 1.28. The van der Waals surface area contributed by atoms with Gasteiger partial charge in [0.05, 0.1) is 11.6 Å². The maximum Gasteiger partial charge on any atom is 0.257 e. The molecule has 0 saturated heterocycles. The van der Waals surface area contributed by atoms with Crippen LogP contribution in [-0.4, -0.2) is 56.3 Å². The van der Waals surface area contributed by atoms with Crippen molar-refractivity contribution in [3.05, 3.63) is 95.6 Å². The van der Waals surface area contributed by atoms with E-state index in [9.17, 15) is 22.0 Å². The number of fused-ring (bicyclic) bond motifs is 1.